The summed E-state index contributed by atoms with van der Waals surface area (Å²) in [4.78, 5) is 6.58. The molecule has 3 heteroatoms. The number of allylic oxidation sites excluding steroid dienone is 1. The molecule has 17 heavy (non-hydrogen) atoms. The summed E-state index contributed by atoms with van der Waals surface area (Å²) in [5.41, 5.74) is 1.41. The van der Waals surface area contributed by atoms with Crippen LogP contribution >= 0.6 is 0 Å². The van der Waals surface area contributed by atoms with E-state index >= 15 is 0 Å². The van der Waals surface area contributed by atoms with E-state index in [2.05, 4.69) is 46.5 Å². The van der Waals surface area contributed by atoms with Gasteiger partial charge in [-0.3, -0.25) is 0 Å². The number of nitrogens with one attached hydrogen (secondary N) is 1. The molecule has 2 rings (SSSR count). The molecule has 0 aromatic carbocycles. The fourth-order valence-corrected chi connectivity index (χ4v) is 1.87. The van der Waals surface area contributed by atoms with Gasteiger partial charge in [0, 0.05) is 38.1 Å². The van der Waals surface area contributed by atoms with Gasteiger partial charge in [-0.25, -0.2) is 4.98 Å². The maximum Gasteiger partial charge on any atom is 0.126 e. The molecule has 0 spiro atoms. The number of rotatable bonds is 4. The zero-order valence-electron chi connectivity index (χ0n) is 10.7. The second-order valence-corrected chi connectivity index (χ2v) is 4.05. The topological polar surface area (TPSA) is 27.9 Å². The van der Waals surface area contributed by atoms with Crippen molar-refractivity contribution in [3.8, 4) is 0 Å². The van der Waals surface area contributed by atoms with E-state index in [1.165, 1.54) is 16.1 Å². The van der Waals surface area contributed by atoms with Gasteiger partial charge < -0.3 is 10.2 Å². The molecule has 0 amide bonds. The SMILES string of the molecule is C/C=c1/cnc(NC)c/c1=C/CC1=CN1CC. The number of hydrogen-bond acceptors (Lipinski definition) is 3. The molecule has 90 valence electrons. The third kappa shape index (κ3) is 2.67. The maximum absolute atomic E-state index is 4.32. The van der Waals surface area contributed by atoms with Crippen LogP contribution in [0.2, 0.25) is 0 Å². The Morgan fingerprint density at radius 2 is 2.24 bits per heavy atom. The van der Waals surface area contributed by atoms with Gasteiger partial charge in [0.05, 0.1) is 0 Å². The third-order valence-electron chi connectivity index (χ3n) is 3.01. The van der Waals surface area contributed by atoms with E-state index in [9.17, 15) is 0 Å². The van der Waals surface area contributed by atoms with Crippen molar-refractivity contribution in [2.45, 2.75) is 20.3 Å². The van der Waals surface area contributed by atoms with E-state index in [4.69, 9.17) is 0 Å². The Kier molecular flexibility index (Phi) is 3.47. The van der Waals surface area contributed by atoms with Crippen LogP contribution in [0, 0.1) is 0 Å². The lowest BCUT2D eigenvalue weighted by Crippen LogP contribution is -2.25. The molecule has 1 aromatic heterocycles. The van der Waals surface area contributed by atoms with Crippen LogP contribution in [-0.2, 0) is 0 Å². The largest absolute Gasteiger partial charge is 0.373 e. The minimum absolute atomic E-state index is 0.916. The molecule has 1 N–H and O–H groups in total. The highest BCUT2D eigenvalue weighted by atomic mass is 15.2. The van der Waals surface area contributed by atoms with Crippen molar-refractivity contribution in [2.75, 3.05) is 18.9 Å². The van der Waals surface area contributed by atoms with Crippen LogP contribution in [-0.4, -0.2) is 23.5 Å². The zero-order chi connectivity index (χ0) is 12.3. The Morgan fingerprint density at radius 3 is 2.82 bits per heavy atom. The molecule has 0 atom stereocenters. The lowest BCUT2D eigenvalue weighted by Gasteiger charge is -2.00. The van der Waals surface area contributed by atoms with Crippen LogP contribution < -0.4 is 15.8 Å². The molecule has 1 aromatic rings. The van der Waals surface area contributed by atoms with E-state index in [1.807, 2.05) is 20.2 Å². The van der Waals surface area contributed by atoms with Gasteiger partial charge >= 0.3 is 0 Å². The summed E-state index contributed by atoms with van der Waals surface area (Å²) in [6.07, 6.45) is 9.47. The van der Waals surface area contributed by atoms with Crippen LogP contribution in [0.1, 0.15) is 20.3 Å². The van der Waals surface area contributed by atoms with Gasteiger partial charge in [-0.1, -0.05) is 12.2 Å². The van der Waals surface area contributed by atoms with Gasteiger partial charge in [0.25, 0.3) is 0 Å². The summed E-state index contributed by atoms with van der Waals surface area (Å²) in [5.74, 6) is 0.916. The summed E-state index contributed by atoms with van der Waals surface area (Å²) in [6, 6.07) is 2.09. The van der Waals surface area contributed by atoms with Crippen molar-refractivity contribution in [3.05, 3.63) is 34.6 Å². The van der Waals surface area contributed by atoms with E-state index in [0.717, 1.165) is 18.8 Å². The zero-order valence-corrected chi connectivity index (χ0v) is 10.7. The first-order valence-electron chi connectivity index (χ1n) is 6.06. The number of anilines is 1. The summed E-state index contributed by atoms with van der Waals surface area (Å²) < 4.78 is 0. The van der Waals surface area contributed by atoms with Gasteiger partial charge in [0.15, 0.2) is 0 Å². The van der Waals surface area contributed by atoms with Gasteiger partial charge in [-0.05, 0) is 30.4 Å². The predicted octanol–water partition coefficient (Wildman–Crippen LogP) is 1.27. The molecule has 0 aliphatic carbocycles. The second kappa shape index (κ2) is 5.04. The first-order valence-corrected chi connectivity index (χ1v) is 6.06. The van der Waals surface area contributed by atoms with Gasteiger partial charge in [-0.2, -0.15) is 0 Å². The number of hydrogen-bond donors (Lipinski definition) is 1. The summed E-state index contributed by atoms with van der Waals surface area (Å²) in [7, 11) is 1.89. The van der Waals surface area contributed by atoms with Crippen molar-refractivity contribution in [2.24, 2.45) is 0 Å². The van der Waals surface area contributed by atoms with Gasteiger partial charge in [0.1, 0.15) is 5.82 Å². The van der Waals surface area contributed by atoms with Crippen molar-refractivity contribution < 1.29 is 0 Å². The Morgan fingerprint density at radius 1 is 1.41 bits per heavy atom. The second-order valence-electron chi connectivity index (χ2n) is 4.05. The Hall–Kier alpha value is -1.77. The highest BCUT2D eigenvalue weighted by Crippen LogP contribution is 2.23. The van der Waals surface area contributed by atoms with Crippen LogP contribution in [0.4, 0.5) is 5.82 Å². The molecule has 0 saturated carbocycles. The van der Waals surface area contributed by atoms with Gasteiger partial charge in [0.2, 0.25) is 0 Å². The summed E-state index contributed by atoms with van der Waals surface area (Å²) in [6.45, 7) is 5.29. The van der Waals surface area contributed by atoms with E-state index in [-0.39, 0.29) is 0 Å². The van der Waals surface area contributed by atoms with Crippen molar-refractivity contribution >= 4 is 18.0 Å². The van der Waals surface area contributed by atoms with Crippen molar-refractivity contribution in [1.82, 2.24) is 9.88 Å². The molecule has 3 nitrogen and oxygen atoms in total. The normalized spacial score (nSPS) is 16.2. The van der Waals surface area contributed by atoms with Crippen molar-refractivity contribution in [1.29, 1.82) is 0 Å². The van der Waals surface area contributed by atoms with Crippen molar-refractivity contribution in [3.63, 3.8) is 0 Å². The monoisotopic (exact) mass is 229 g/mol. The first kappa shape index (κ1) is 11.7. The maximum atomic E-state index is 4.32. The molecule has 1 aliphatic heterocycles. The fourth-order valence-electron chi connectivity index (χ4n) is 1.87. The Bertz CT molecular complexity index is 543. The van der Waals surface area contributed by atoms with E-state index < -0.39 is 0 Å². The number of nitrogens with zero attached hydrogens (tertiary/aromatic N) is 2. The molecule has 2 heterocycles. The predicted molar refractivity (Wildman–Crippen MR) is 72.7 cm³/mol. The molecule has 0 fully saturated rings. The highest BCUT2D eigenvalue weighted by Gasteiger charge is 2.15. The Balaban J connectivity index is 2.24. The molecule has 0 bridgehead atoms. The number of pyridine rings is 1. The number of aromatic nitrogens is 1. The first-order chi connectivity index (χ1) is 8.28. The average Bonchev–Trinajstić information content (AvgIpc) is 3.14. The molecular weight excluding hydrogens is 210 g/mol. The van der Waals surface area contributed by atoms with Crippen LogP contribution in [0.3, 0.4) is 0 Å². The van der Waals surface area contributed by atoms with Crippen LogP contribution in [0.5, 0.6) is 0 Å². The highest BCUT2D eigenvalue weighted by molar-refractivity contribution is 5.42. The average molecular weight is 229 g/mol. The van der Waals surface area contributed by atoms with Gasteiger partial charge in [-0.15, -0.1) is 0 Å². The minimum Gasteiger partial charge on any atom is -0.373 e. The molecule has 0 saturated heterocycles. The standard InChI is InChI=1S/C14H19N3/c1-4-11-9-16-14(15-3)8-12(11)6-7-13-10-17(13)5-2/h4,6,8-10,15H,5,7H2,1-3H3/b11-4-,12-6-. The summed E-state index contributed by atoms with van der Waals surface area (Å²) in [5, 5.41) is 5.51. The Labute approximate surface area is 102 Å². The fraction of sp³-hybridized carbons (Fsp3) is 0.357. The smallest absolute Gasteiger partial charge is 0.126 e. The molecule has 0 radical (unpaired) electrons. The lowest BCUT2D eigenvalue weighted by molar-refractivity contribution is 0.607. The summed E-state index contributed by atoms with van der Waals surface area (Å²) >= 11 is 0. The molecular formula is C14H19N3. The van der Waals surface area contributed by atoms with Crippen LogP contribution in [0.15, 0.2) is 24.2 Å². The lowest BCUT2D eigenvalue weighted by atomic mass is 10.2. The van der Waals surface area contributed by atoms with E-state index in [1.54, 1.807) is 0 Å². The van der Waals surface area contributed by atoms with Crippen LogP contribution in [0.25, 0.3) is 12.2 Å². The molecule has 1 aliphatic rings. The quantitative estimate of drug-likeness (QED) is 0.842. The minimum atomic E-state index is 0.916. The third-order valence-corrected chi connectivity index (χ3v) is 3.01. The molecule has 0 unspecified atom stereocenters. The van der Waals surface area contributed by atoms with E-state index in [0.29, 0.717) is 0 Å².